The fourth-order valence-electron chi connectivity index (χ4n) is 2.82. The van der Waals surface area contributed by atoms with Crippen molar-refractivity contribution in [2.75, 3.05) is 13.6 Å². The number of amides is 2. The van der Waals surface area contributed by atoms with Crippen LogP contribution in [0.2, 0.25) is 5.02 Å². The van der Waals surface area contributed by atoms with Crippen LogP contribution in [-0.4, -0.2) is 41.5 Å². The van der Waals surface area contributed by atoms with Gasteiger partial charge in [0, 0.05) is 25.0 Å². The number of benzene rings is 1. The molecule has 0 aliphatic carbocycles. The SMILES string of the molecule is CC(C)C(O)CNC(=O)C1CC(=O)N(C)C1c1cccc(Cl)c1. The van der Waals surface area contributed by atoms with Crippen molar-refractivity contribution in [1.29, 1.82) is 0 Å². The molecule has 23 heavy (non-hydrogen) atoms. The van der Waals surface area contributed by atoms with E-state index in [1.54, 1.807) is 24.1 Å². The van der Waals surface area contributed by atoms with Crippen molar-refractivity contribution in [2.24, 2.45) is 11.8 Å². The largest absolute Gasteiger partial charge is 0.391 e. The molecule has 0 saturated carbocycles. The number of nitrogens with one attached hydrogen (secondary N) is 1. The van der Waals surface area contributed by atoms with Crippen molar-refractivity contribution in [3.05, 3.63) is 34.9 Å². The second kappa shape index (κ2) is 7.32. The first-order valence-corrected chi connectivity index (χ1v) is 8.16. The summed E-state index contributed by atoms with van der Waals surface area (Å²) in [4.78, 5) is 26.2. The minimum absolute atomic E-state index is 0.0620. The molecule has 0 spiro atoms. The molecule has 0 aromatic heterocycles. The maximum absolute atomic E-state index is 12.5. The second-order valence-electron chi connectivity index (χ2n) is 6.37. The summed E-state index contributed by atoms with van der Waals surface area (Å²) in [5.74, 6) is -0.704. The van der Waals surface area contributed by atoms with Crippen LogP contribution >= 0.6 is 11.6 Å². The molecule has 3 unspecified atom stereocenters. The summed E-state index contributed by atoms with van der Waals surface area (Å²) in [6, 6.07) is 6.89. The zero-order chi connectivity index (χ0) is 17.1. The Balaban J connectivity index is 2.15. The Hall–Kier alpha value is -1.59. The molecular weight excluding hydrogens is 316 g/mol. The summed E-state index contributed by atoms with van der Waals surface area (Å²) in [5.41, 5.74) is 0.843. The van der Waals surface area contributed by atoms with E-state index < -0.39 is 12.0 Å². The van der Waals surface area contributed by atoms with E-state index in [9.17, 15) is 14.7 Å². The summed E-state index contributed by atoms with van der Waals surface area (Å²) < 4.78 is 0. The molecule has 0 bridgehead atoms. The van der Waals surface area contributed by atoms with Gasteiger partial charge >= 0.3 is 0 Å². The standard InChI is InChI=1S/C17H23ClN2O3/c1-10(2)14(21)9-19-17(23)13-8-15(22)20(3)16(13)11-5-4-6-12(18)7-11/h4-7,10,13-14,16,21H,8-9H2,1-3H3,(H,19,23). The average Bonchev–Trinajstić information content (AvgIpc) is 2.80. The molecule has 6 heteroatoms. The first-order chi connectivity index (χ1) is 10.8. The number of likely N-dealkylation sites (tertiary alicyclic amines) is 1. The Morgan fingerprint density at radius 2 is 2.17 bits per heavy atom. The zero-order valence-corrected chi connectivity index (χ0v) is 14.4. The Bertz CT molecular complexity index is 591. The minimum Gasteiger partial charge on any atom is -0.391 e. The molecule has 3 atom stereocenters. The molecule has 126 valence electrons. The molecule has 1 heterocycles. The Labute approximate surface area is 141 Å². The summed E-state index contributed by atoms with van der Waals surface area (Å²) in [6.45, 7) is 3.96. The summed E-state index contributed by atoms with van der Waals surface area (Å²) in [6.07, 6.45) is -0.435. The molecule has 1 fully saturated rings. The van der Waals surface area contributed by atoms with Gasteiger partial charge in [0.25, 0.3) is 0 Å². The van der Waals surface area contributed by atoms with Gasteiger partial charge in [0.15, 0.2) is 0 Å². The lowest BCUT2D eigenvalue weighted by Crippen LogP contribution is -2.39. The number of hydrogen-bond donors (Lipinski definition) is 2. The Kier molecular flexibility index (Phi) is 5.65. The fourth-order valence-corrected chi connectivity index (χ4v) is 3.02. The third-order valence-electron chi connectivity index (χ3n) is 4.37. The van der Waals surface area contributed by atoms with Crippen LogP contribution in [0.3, 0.4) is 0 Å². The van der Waals surface area contributed by atoms with E-state index >= 15 is 0 Å². The van der Waals surface area contributed by atoms with Crippen LogP contribution in [0.1, 0.15) is 31.9 Å². The van der Waals surface area contributed by atoms with Crippen molar-refractivity contribution in [2.45, 2.75) is 32.4 Å². The highest BCUT2D eigenvalue weighted by molar-refractivity contribution is 6.30. The quantitative estimate of drug-likeness (QED) is 0.862. The van der Waals surface area contributed by atoms with Crippen LogP contribution in [0.5, 0.6) is 0 Å². The highest BCUT2D eigenvalue weighted by atomic mass is 35.5. The molecule has 1 saturated heterocycles. The van der Waals surface area contributed by atoms with E-state index in [0.717, 1.165) is 5.56 Å². The third kappa shape index (κ3) is 4.03. The lowest BCUT2D eigenvalue weighted by molar-refractivity contribution is -0.128. The van der Waals surface area contributed by atoms with Gasteiger partial charge in [0.05, 0.1) is 18.1 Å². The van der Waals surface area contributed by atoms with Gasteiger partial charge in [-0.05, 0) is 23.6 Å². The molecule has 1 aliphatic heterocycles. The van der Waals surface area contributed by atoms with Crippen molar-refractivity contribution >= 4 is 23.4 Å². The average molecular weight is 339 g/mol. The predicted molar refractivity (Wildman–Crippen MR) is 88.9 cm³/mol. The molecule has 1 aromatic carbocycles. The van der Waals surface area contributed by atoms with E-state index in [-0.39, 0.29) is 36.7 Å². The van der Waals surface area contributed by atoms with Gasteiger partial charge in [0.2, 0.25) is 11.8 Å². The lowest BCUT2D eigenvalue weighted by atomic mass is 9.92. The van der Waals surface area contributed by atoms with Crippen molar-refractivity contribution in [3.8, 4) is 0 Å². The van der Waals surface area contributed by atoms with Crippen LogP contribution in [-0.2, 0) is 9.59 Å². The van der Waals surface area contributed by atoms with Crippen LogP contribution < -0.4 is 5.32 Å². The first kappa shape index (κ1) is 17.8. The maximum atomic E-state index is 12.5. The van der Waals surface area contributed by atoms with Crippen LogP contribution in [0.25, 0.3) is 0 Å². The van der Waals surface area contributed by atoms with Crippen molar-refractivity contribution < 1.29 is 14.7 Å². The number of halogens is 1. The van der Waals surface area contributed by atoms with Crippen molar-refractivity contribution in [1.82, 2.24) is 10.2 Å². The Morgan fingerprint density at radius 3 is 2.78 bits per heavy atom. The van der Waals surface area contributed by atoms with E-state index in [1.807, 2.05) is 26.0 Å². The smallest absolute Gasteiger partial charge is 0.226 e. The topological polar surface area (TPSA) is 69.6 Å². The van der Waals surface area contributed by atoms with E-state index in [0.29, 0.717) is 5.02 Å². The molecule has 1 aliphatic rings. The van der Waals surface area contributed by atoms with Crippen LogP contribution in [0.4, 0.5) is 0 Å². The number of hydrogen-bond acceptors (Lipinski definition) is 3. The number of carbonyl (C=O) groups is 2. The van der Waals surface area contributed by atoms with Gasteiger partial charge in [-0.25, -0.2) is 0 Å². The van der Waals surface area contributed by atoms with Gasteiger partial charge in [0.1, 0.15) is 0 Å². The Morgan fingerprint density at radius 1 is 1.48 bits per heavy atom. The summed E-state index contributed by atoms with van der Waals surface area (Å²) >= 11 is 6.04. The van der Waals surface area contributed by atoms with Gasteiger partial charge in [-0.2, -0.15) is 0 Å². The second-order valence-corrected chi connectivity index (χ2v) is 6.81. The number of carbonyl (C=O) groups excluding carboxylic acids is 2. The molecule has 2 N–H and O–H groups in total. The molecule has 2 amide bonds. The molecule has 1 aromatic rings. The number of aliphatic hydroxyl groups is 1. The van der Waals surface area contributed by atoms with E-state index in [2.05, 4.69) is 5.32 Å². The van der Waals surface area contributed by atoms with E-state index in [1.165, 1.54) is 0 Å². The zero-order valence-electron chi connectivity index (χ0n) is 13.6. The molecule has 2 rings (SSSR count). The van der Waals surface area contributed by atoms with Crippen LogP contribution in [0.15, 0.2) is 24.3 Å². The normalized spacial score (nSPS) is 22.5. The minimum atomic E-state index is -0.599. The van der Waals surface area contributed by atoms with Gasteiger partial charge in [-0.15, -0.1) is 0 Å². The highest BCUT2D eigenvalue weighted by Crippen LogP contribution is 2.37. The number of nitrogens with zero attached hydrogens (tertiary/aromatic N) is 1. The summed E-state index contributed by atoms with van der Waals surface area (Å²) in [7, 11) is 1.70. The molecular formula is C17H23ClN2O3. The third-order valence-corrected chi connectivity index (χ3v) is 4.60. The van der Waals surface area contributed by atoms with Crippen molar-refractivity contribution in [3.63, 3.8) is 0 Å². The van der Waals surface area contributed by atoms with Gasteiger partial charge < -0.3 is 15.3 Å². The fraction of sp³-hybridized carbons (Fsp3) is 0.529. The van der Waals surface area contributed by atoms with Gasteiger partial charge in [-0.3, -0.25) is 9.59 Å². The molecule has 0 radical (unpaired) electrons. The predicted octanol–water partition coefficient (Wildman–Crippen LogP) is 1.99. The summed E-state index contributed by atoms with van der Waals surface area (Å²) in [5, 5.41) is 13.2. The molecule has 5 nitrogen and oxygen atoms in total. The maximum Gasteiger partial charge on any atom is 0.226 e. The van der Waals surface area contributed by atoms with Gasteiger partial charge in [-0.1, -0.05) is 37.6 Å². The lowest BCUT2D eigenvalue weighted by Gasteiger charge is -2.25. The monoisotopic (exact) mass is 338 g/mol. The van der Waals surface area contributed by atoms with E-state index in [4.69, 9.17) is 11.6 Å². The van der Waals surface area contributed by atoms with Crippen LogP contribution in [0, 0.1) is 11.8 Å². The first-order valence-electron chi connectivity index (χ1n) is 7.78. The number of aliphatic hydroxyl groups excluding tert-OH is 1. The number of rotatable bonds is 5. The highest BCUT2D eigenvalue weighted by Gasteiger charge is 2.42.